The van der Waals surface area contributed by atoms with Gasteiger partial charge in [-0.1, -0.05) is 0 Å². The lowest BCUT2D eigenvalue weighted by molar-refractivity contribution is -0.385. The van der Waals surface area contributed by atoms with Gasteiger partial charge in [0, 0.05) is 24.4 Å². The number of ether oxygens (including phenoxy) is 2. The van der Waals surface area contributed by atoms with Gasteiger partial charge in [-0.2, -0.15) is 0 Å². The standard InChI is InChI=1S/C14H18N2O5/c1-20-13-9-10(6-7-11(13)16(18)19)15-8-4-3-5-12(15)14(17)21-2/h6-7,9,12H,3-5,8H2,1-2H3. The van der Waals surface area contributed by atoms with E-state index in [0.29, 0.717) is 13.0 Å². The van der Waals surface area contributed by atoms with Gasteiger partial charge in [-0.25, -0.2) is 4.79 Å². The number of esters is 1. The van der Waals surface area contributed by atoms with E-state index in [4.69, 9.17) is 9.47 Å². The molecule has 1 aromatic carbocycles. The molecule has 1 unspecified atom stereocenters. The quantitative estimate of drug-likeness (QED) is 0.480. The number of benzene rings is 1. The number of anilines is 1. The van der Waals surface area contributed by atoms with Gasteiger partial charge in [-0.05, 0) is 25.3 Å². The van der Waals surface area contributed by atoms with Gasteiger partial charge in [0.1, 0.15) is 6.04 Å². The Hall–Kier alpha value is -2.31. The zero-order valence-corrected chi connectivity index (χ0v) is 12.1. The van der Waals surface area contributed by atoms with Crippen molar-refractivity contribution >= 4 is 17.3 Å². The van der Waals surface area contributed by atoms with Crippen LogP contribution >= 0.6 is 0 Å². The predicted molar refractivity (Wildman–Crippen MR) is 76.6 cm³/mol. The van der Waals surface area contributed by atoms with E-state index in [1.165, 1.54) is 20.3 Å². The maximum atomic E-state index is 11.9. The van der Waals surface area contributed by atoms with Gasteiger partial charge in [-0.3, -0.25) is 10.1 Å². The topological polar surface area (TPSA) is 81.9 Å². The second-order valence-electron chi connectivity index (χ2n) is 4.84. The third-order valence-electron chi connectivity index (χ3n) is 3.67. The van der Waals surface area contributed by atoms with E-state index in [1.54, 1.807) is 12.1 Å². The van der Waals surface area contributed by atoms with Crippen molar-refractivity contribution in [1.29, 1.82) is 0 Å². The molecule has 0 radical (unpaired) electrons. The van der Waals surface area contributed by atoms with Crippen molar-refractivity contribution < 1.29 is 19.2 Å². The molecule has 1 atom stereocenters. The Balaban J connectivity index is 2.34. The molecular weight excluding hydrogens is 276 g/mol. The molecule has 7 nitrogen and oxygen atoms in total. The largest absolute Gasteiger partial charge is 0.490 e. The predicted octanol–water partition coefficient (Wildman–Crippen LogP) is 2.14. The first kappa shape index (κ1) is 15.1. The Bertz CT molecular complexity index is 546. The molecule has 0 N–H and O–H groups in total. The highest BCUT2D eigenvalue weighted by Crippen LogP contribution is 2.34. The summed E-state index contributed by atoms with van der Waals surface area (Å²) in [7, 11) is 2.76. The summed E-state index contributed by atoms with van der Waals surface area (Å²) < 4.78 is 9.92. The van der Waals surface area contributed by atoms with E-state index in [-0.39, 0.29) is 23.4 Å². The van der Waals surface area contributed by atoms with E-state index in [0.717, 1.165) is 18.5 Å². The Morgan fingerprint density at radius 1 is 1.38 bits per heavy atom. The van der Waals surface area contributed by atoms with Gasteiger partial charge < -0.3 is 14.4 Å². The molecule has 0 aromatic heterocycles. The maximum Gasteiger partial charge on any atom is 0.328 e. The molecular formula is C14H18N2O5. The number of nitro groups is 1. The summed E-state index contributed by atoms with van der Waals surface area (Å²) in [4.78, 5) is 24.2. The monoisotopic (exact) mass is 294 g/mol. The molecule has 1 aliphatic heterocycles. The number of carbonyl (C=O) groups excluding carboxylic acids is 1. The summed E-state index contributed by atoms with van der Waals surface area (Å²) >= 11 is 0. The second-order valence-corrected chi connectivity index (χ2v) is 4.84. The summed E-state index contributed by atoms with van der Waals surface area (Å²) in [5, 5.41) is 10.9. The van der Waals surface area contributed by atoms with E-state index in [1.807, 2.05) is 4.90 Å². The zero-order chi connectivity index (χ0) is 15.4. The van der Waals surface area contributed by atoms with Crippen LogP contribution in [-0.4, -0.2) is 37.7 Å². The van der Waals surface area contributed by atoms with Crippen LogP contribution in [0.15, 0.2) is 18.2 Å². The smallest absolute Gasteiger partial charge is 0.328 e. The summed E-state index contributed by atoms with van der Waals surface area (Å²) in [6.07, 6.45) is 2.64. The van der Waals surface area contributed by atoms with E-state index >= 15 is 0 Å². The van der Waals surface area contributed by atoms with Crippen LogP contribution in [-0.2, 0) is 9.53 Å². The van der Waals surface area contributed by atoms with Crippen LogP contribution in [0.4, 0.5) is 11.4 Å². The zero-order valence-electron chi connectivity index (χ0n) is 12.1. The molecule has 1 heterocycles. The van der Waals surface area contributed by atoms with Crippen molar-refractivity contribution in [2.45, 2.75) is 25.3 Å². The van der Waals surface area contributed by atoms with Crippen LogP contribution in [0.3, 0.4) is 0 Å². The number of nitrogens with zero attached hydrogens (tertiary/aromatic N) is 2. The van der Waals surface area contributed by atoms with Crippen molar-refractivity contribution in [3.05, 3.63) is 28.3 Å². The summed E-state index contributed by atoms with van der Waals surface area (Å²) in [5.74, 6) is -0.0984. The average Bonchev–Trinajstić information content (AvgIpc) is 2.53. The minimum absolute atomic E-state index is 0.0899. The Kier molecular flexibility index (Phi) is 4.62. The lowest BCUT2D eigenvalue weighted by Gasteiger charge is -2.35. The summed E-state index contributed by atoms with van der Waals surface area (Å²) in [6.45, 7) is 0.709. The van der Waals surface area contributed by atoms with Crippen LogP contribution < -0.4 is 9.64 Å². The number of piperidine rings is 1. The number of nitro benzene ring substituents is 1. The van der Waals surface area contributed by atoms with Crippen LogP contribution in [0.5, 0.6) is 5.75 Å². The van der Waals surface area contributed by atoms with Crippen molar-refractivity contribution in [2.75, 3.05) is 25.7 Å². The van der Waals surface area contributed by atoms with Crippen molar-refractivity contribution in [3.8, 4) is 5.75 Å². The third-order valence-corrected chi connectivity index (χ3v) is 3.67. The van der Waals surface area contributed by atoms with Crippen molar-refractivity contribution in [2.24, 2.45) is 0 Å². The van der Waals surface area contributed by atoms with Gasteiger partial charge in [0.2, 0.25) is 0 Å². The van der Waals surface area contributed by atoms with Gasteiger partial charge in [0.05, 0.1) is 19.1 Å². The summed E-state index contributed by atoms with van der Waals surface area (Å²) in [6, 6.07) is 4.29. The fraction of sp³-hybridized carbons (Fsp3) is 0.500. The van der Waals surface area contributed by atoms with Gasteiger partial charge >= 0.3 is 11.7 Å². The van der Waals surface area contributed by atoms with Gasteiger partial charge in [0.25, 0.3) is 0 Å². The number of hydrogen-bond acceptors (Lipinski definition) is 6. The molecule has 0 amide bonds. The van der Waals surface area contributed by atoms with Crippen molar-refractivity contribution in [3.63, 3.8) is 0 Å². The van der Waals surface area contributed by atoms with Crippen LogP contribution in [0, 0.1) is 10.1 Å². The second kappa shape index (κ2) is 6.43. The number of rotatable bonds is 4. The number of methoxy groups -OCH3 is 2. The lowest BCUT2D eigenvalue weighted by atomic mass is 10.0. The third kappa shape index (κ3) is 3.07. The molecule has 1 aliphatic rings. The number of hydrogen-bond donors (Lipinski definition) is 0. The SMILES string of the molecule is COC(=O)C1CCCCN1c1ccc([N+](=O)[O-])c(OC)c1. The molecule has 0 saturated carbocycles. The van der Waals surface area contributed by atoms with Crippen LogP contribution in [0.1, 0.15) is 19.3 Å². The Labute approximate surface area is 122 Å². The van der Waals surface area contributed by atoms with Gasteiger partial charge in [0.15, 0.2) is 5.75 Å². The van der Waals surface area contributed by atoms with E-state index in [2.05, 4.69) is 0 Å². The van der Waals surface area contributed by atoms with Crippen molar-refractivity contribution in [1.82, 2.24) is 0 Å². The highest BCUT2D eigenvalue weighted by Gasteiger charge is 2.30. The lowest BCUT2D eigenvalue weighted by Crippen LogP contribution is -2.45. The first-order valence-electron chi connectivity index (χ1n) is 6.75. The molecule has 7 heteroatoms. The van der Waals surface area contributed by atoms with E-state index < -0.39 is 4.92 Å². The molecule has 1 saturated heterocycles. The fourth-order valence-electron chi connectivity index (χ4n) is 2.62. The molecule has 0 aliphatic carbocycles. The summed E-state index contributed by atoms with van der Waals surface area (Å²) in [5.41, 5.74) is 0.639. The van der Waals surface area contributed by atoms with Crippen LogP contribution in [0.25, 0.3) is 0 Å². The molecule has 1 aromatic rings. The Morgan fingerprint density at radius 2 is 2.14 bits per heavy atom. The molecule has 21 heavy (non-hydrogen) atoms. The normalized spacial score (nSPS) is 18.2. The van der Waals surface area contributed by atoms with Crippen LogP contribution in [0.2, 0.25) is 0 Å². The molecule has 1 fully saturated rings. The molecule has 2 rings (SSSR count). The highest BCUT2D eigenvalue weighted by molar-refractivity contribution is 5.80. The number of carbonyl (C=O) groups is 1. The fourth-order valence-corrected chi connectivity index (χ4v) is 2.62. The molecule has 0 bridgehead atoms. The highest BCUT2D eigenvalue weighted by atomic mass is 16.6. The first-order valence-corrected chi connectivity index (χ1v) is 6.75. The maximum absolute atomic E-state index is 11.9. The molecule has 0 spiro atoms. The van der Waals surface area contributed by atoms with E-state index in [9.17, 15) is 14.9 Å². The molecule has 114 valence electrons. The Morgan fingerprint density at radius 3 is 2.76 bits per heavy atom. The minimum atomic E-state index is -0.489. The van der Waals surface area contributed by atoms with Gasteiger partial charge in [-0.15, -0.1) is 0 Å². The minimum Gasteiger partial charge on any atom is -0.490 e. The average molecular weight is 294 g/mol. The first-order chi connectivity index (χ1) is 10.1.